The summed E-state index contributed by atoms with van der Waals surface area (Å²) in [5.74, 6) is 0.174. The van der Waals surface area contributed by atoms with Crippen molar-refractivity contribution < 1.29 is 23.8 Å². The van der Waals surface area contributed by atoms with Crippen molar-refractivity contribution in [3.05, 3.63) is 29.7 Å². The second-order valence-electron chi connectivity index (χ2n) is 6.24. The van der Waals surface area contributed by atoms with Crippen LogP contribution in [0.25, 0.3) is 5.57 Å². The van der Waals surface area contributed by atoms with E-state index >= 15 is 0 Å². The maximum atomic E-state index is 12.0. The number of hydrogen-bond donors (Lipinski definition) is 1. The molecule has 0 fully saturated rings. The summed E-state index contributed by atoms with van der Waals surface area (Å²) < 4.78 is 10.9. The van der Waals surface area contributed by atoms with Crippen LogP contribution in [0.3, 0.4) is 0 Å². The van der Waals surface area contributed by atoms with Crippen LogP contribution in [0.5, 0.6) is 0 Å². The van der Waals surface area contributed by atoms with Gasteiger partial charge >= 0.3 is 12.1 Å². The third-order valence-electron chi connectivity index (χ3n) is 3.16. The van der Waals surface area contributed by atoms with Crippen LogP contribution in [0, 0.1) is 0 Å². The van der Waals surface area contributed by atoms with Crippen molar-refractivity contribution in [1.82, 2.24) is 4.90 Å². The highest BCUT2D eigenvalue weighted by molar-refractivity contribution is 5.72. The van der Waals surface area contributed by atoms with Gasteiger partial charge in [0.15, 0.2) is 0 Å². The van der Waals surface area contributed by atoms with Gasteiger partial charge in [0.1, 0.15) is 23.5 Å². The standard InChI is InChI=1S/C16H21NO5/c1-16(2,3)22-15(20)17-8-6-11(7-9-17)13-5-4-12(21-13)10-14(18)19/h4-6H,7-10H2,1-3H3,(H,18,19). The molecule has 0 atom stereocenters. The Morgan fingerprint density at radius 3 is 2.64 bits per heavy atom. The fraction of sp³-hybridized carbons (Fsp3) is 0.500. The minimum absolute atomic E-state index is 0.128. The van der Waals surface area contributed by atoms with Crippen LogP contribution >= 0.6 is 0 Å². The molecule has 22 heavy (non-hydrogen) atoms. The molecule has 0 radical (unpaired) electrons. The SMILES string of the molecule is CC(C)(C)OC(=O)N1CC=C(c2ccc(CC(=O)O)o2)CC1. The Morgan fingerprint density at radius 1 is 1.36 bits per heavy atom. The quantitative estimate of drug-likeness (QED) is 0.928. The van der Waals surface area contributed by atoms with Crippen LogP contribution in [0.4, 0.5) is 4.79 Å². The molecular weight excluding hydrogens is 286 g/mol. The molecule has 6 heteroatoms. The molecule has 1 aromatic rings. The molecule has 120 valence electrons. The number of furan rings is 1. The fourth-order valence-corrected chi connectivity index (χ4v) is 2.18. The monoisotopic (exact) mass is 307 g/mol. The Morgan fingerprint density at radius 2 is 2.09 bits per heavy atom. The first-order valence-electron chi connectivity index (χ1n) is 7.22. The fourth-order valence-electron chi connectivity index (χ4n) is 2.18. The number of amides is 1. The molecule has 1 N–H and O–H groups in total. The summed E-state index contributed by atoms with van der Waals surface area (Å²) in [5.41, 5.74) is 0.477. The van der Waals surface area contributed by atoms with Crippen LogP contribution in [-0.2, 0) is 16.0 Å². The van der Waals surface area contributed by atoms with Crippen LogP contribution in [0.2, 0.25) is 0 Å². The Kier molecular flexibility index (Phi) is 4.59. The van der Waals surface area contributed by atoms with Crippen LogP contribution in [0.15, 0.2) is 22.6 Å². The van der Waals surface area contributed by atoms with Crippen molar-refractivity contribution >= 4 is 17.6 Å². The van der Waals surface area contributed by atoms with E-state index in [2.05, 4.69) is 0 Å². The lowest BCUT2D eigenvalue weighted by Gasteiger charge is -2.29. The molecule has 0 aliphatic carbocycles. The molecule has 6 nitrogen and oxygen atoms in total. The van der Waals surface area contributed by atoms with Crippen molar-refractivity contribution in [2.45, 2.75) is 39.2 Å². The zero-order chi connectivity index (χ0) is 16.3. The lowest BCUT2D eigenvalue weighted by atomic mass is 10.1. The molecule has 0 spiro atoms. The summed E-state index contributed by atoms with van der Waals surface area (Å²) >= 11 is 0. The maximum Gasteiger partial charge on any atom is 0.410 e. The predicted molar refractivity (Wildman–Crippen MR) is 80.4 cm³/mol. The van der Waals surface area contributed by atoms with E-state index in [4.69, 9.17) is 14.3 Å². The number of carbonyl (C=O) groups excluding carboxylic acids is 1. The zero-order valence-corrected chi connectivity index (χ0v) is 13.1. The molecule has 1 aliphatic rings. The average Bonchev–Trinajstić information content (AvgIpc) is 2.84. The first kappa shape index (κ1) is 16.1. The van der Waals surface area contributed by atoms with Crippen molar-refractivity contribution in [1.29, 1.82) is 0 Å². The van der Waals surface area contributed by atoms with Gasteiger partial charge in [-0.3, -0.25) is 4.79 Å². The molecule has 0 saturated carbocycles. The second-order valence-corrected chi connectivity index (χ2v) is 6.24. The van der Waals surface area contributed by atoms with Crippen molar-refractivity contribution in [3.63, 3.8) is 0 Å². The molecule has 1 aliphatic heterocycles. The number of aliphatic carboxylic acids is 1. The highest BCUT2D eigenvalue weighted by atomic mass is 16.6. The van der Waals surface area contributed by atoms with Crippen molar-refractivity contribution in [3.8, 4) is 0 Å². The number of ether oxygens (including phenoxy) is 1. The summed E-state index contributed by atoms with van der Waals surface area (Å²) in [6, 6.07) is 3.44. The molecular formula is C16H21NO5. The summed E-state index contributed by atoms with van der Waals surface area (Å²) in [6.07, 6.45) is 2.11. The molecule has 2 heterocycles. The Hall–Kier alpha value is -2.24. The van der Waals surface area contributed by atoms with Crippen molar-refractivity contribution in [2.24, 2.45) is 0 Å². The molecule has 0 unspecified atom stereocenters. The minimum Gasteiger partial charge on any atom is -0.481 e. The first-order valence-corrected chi connectivity index (χ1v) is 7.22. The molecule has 0 saturated heterocycles. The lowest BCUT2D eigenvalue weighted by Crippen LogP contribution is -2.39. The topological polar surface area (TPSA) is 80.0 Å². The normalized spacial score (nSPS) is 15.4. The number of nitrogens with zero attached hydrogens (tertiary/aromatic N) is 1. The van der Waals surface area contributed by atoms with Gasteiger partial charge in [-0.05, 0) is 44.9 Å². The number of carbonyl (C=O) groups is 2. The molecule has 1 aromatic heterocycles. The van der Waals surface area contributed by atoms with Gasteiger partial charge in [0.2, 0.25) is 0 Å². The number of rotatable bonds is 3. The first-order chi connectivity index (χ1) is 10.2. The highest BCUT2D eigenvalue weighted by Gasteiger charge is 2.24. The third-order valence-corrected chi connectivity index (χ3v) is 3.16. The molecule has 1 amide bonds. The Labute approximate surface area is 129 Å². The third kappa shape index (κ3) is 4.38. The summed E-state index contributed by atoms with van der Waals surface area (Å²) in [6.45, 7) is 6.52. The molecule has 0 bridgehead atoms. The second kappa shape index (κ2) is 6.25. The minimum atomic E-state index is -0.922. The summed E-state index contributed by atoms with van der Waals surface area (Å²) in [4.78, 5) is 24.3. The van der Waals surface area contributed by atoms with E-state index in [1.54, 1.807) is 17.0 Å². The van der Waals surface area contributed by atoms with Crippen LogP contribution in [-0.4, -0.2) is 40.8 Å². The van der Waals surface area contributed by atoms with Gasteiger partial charge in [0.25, 0.3) is 0 Å². The number of hydrogen-bond acceptors (Lipinski definition) is 4. The zero-order valence-electron chi connectivity index (χ0n) is 13.1. The van der Waals surface area contributed by atoms with Gasteiger partial charge in [0.05, 0.1) is 0 Å². The molecule has 2 rings (SSSR count). The Balaban J connectivity index is 1.98. The van der Waals surface area contributed by atoms with Crippen molar-refractivity contribution in [2.75, 3.05) is 13.1 Å². The van der Waals surface area contributed by atoms with Gasteiger partial charge in [-0.15, -0.1) is 0 Å². The van der Waals surface area contributed by atoms with E-state index in [9.17, 15) is 9.59 Å². The van der Waals surface area contributed by atoms with E-state index in [0.717, 1.165) is 5.57 Å². The largest absolute Gasteiger partial charge is 0.481 e. The average molecular weight is 307 g/mol. The van der Waals surface area contributed by atoms with Gasteiger partial charge < -0.3 is 19.2 Å². The summed E-state index contributed by atoms with van der Waals surface area (Å²) in [5, 5.41) is 8.74. The maximum absolute atomic E-state index is 12.0. The lowest BCUT2D eigenvalue weighted by molar-refractivity contribution is -0.136. The molecule has 0 aromatic carbocycles. The number of carboxylic acids is 1. The van der Waals surface area contributed by atoms with Crippen LogP contribution < -0.4 is 0 Å². The van der Waals surface area contributed by atoms with Gasteiger partial charge in [-0.2, -0.15) is 0 Å². The predicted octanol–water partition coefficient (Wildman–Crippen LogP) is 2.93. The van der Waals surface area contributed by atoms with E-state index < -0.39 is 11.6 Å². The van der Waals surface area contributed by atoms with E-state index in [0.29, 0.717) is 31.0 Å². The van der Waals surface area contributed by atoms with Gasteiger partial charge in [-0.25, -0.2) is 4.79 Å². The Bertz CT molecular complexity index is 594. The van der Waals surface area contributed by atoms with Gasteiger partial charge in [-0.1, -0.05) is 6.08 Å². The van der Waals surface area contributed by atoms with E-state index in [-0.39, 0.29) is 12.5 Å². The highest BCUT2D eigenvalue weighted by Crippen LogP contribution is 2.25. The van der Waals surface area contributed by atoms with E-state index in [1.165, 1.54) is 0 Å². The van der Waals surface area contributed by atoms with E-state index in [1.807, 2.05) is 26.8 Å². The number of carboxylic acid groups (broad SMARTS) is 1. The van der Waals surface area contributed by atoms with Crippen LogP contribution in [0.1, 0.15) is 38.7 Å². The summed E-state index contributed by atoms with van der Waals surface area (Å²) in [7, 11) is 0. The smallest absolute Gasteiger partial charge is 0.410 e. The van der Waals surface area contributed by atoms with Gasteiger partial charge in [0, 0.05) is 13.1 Å².